The number of aromatic nitrogens is 1. The SMILES string of the molecule is CSC(=O)c1ncccc1C. The van der Waals surface area contributed by atoms with Crippen LogP contribution >= 0.6 is 11.8 Å². The van der Waals surface area contributed by atoms with Gasteiger partial charge in [-0.05, 0) is 24.8 Å². The zero-order chi connectivity index (χ0) is 8.27. The molecule has 0 aliphatic carbocycles. The zero-order valence-electron chi connectivity index (χ0n) is 6.50. The second kappa shape index (κ2) is 3.53. The lowest BCUT2D eigenvalue weighted by Gasteiger charge is -1.98. The molecule has 0 N–H and O–H groups in total. The molecule has 1 aromatic rings. The lowest BCUT2D eigenvalue weighted by atomic mass is 10.2. The van der Waals surface area contributed by atoms with Crippen molar-refractivity contribution in [1.82, 2.24) is 4.98 Å². The number of aryl methyl sites for hydroxylation is 1. The third-order valence-electron chi connectivity index (χ3n) is 1.39. The summed E-state index contributed by atoms with van der Waals surface area (Å²) in [5, 5.41) is 0.0306. The van der Waals surface area contributed by atoms with Crippen LogP contribution in [0.1, 0.15) is 16.1 Å². The van der Waals surface area contributed by atoms with E-state index < -0.39 is 0 Å². The monoisotopic (exact) mass is 167 g/mol. The smallest absolute Gasteiger partial charge is 0.237 e. The minimum atomic E-state index is 0.0306. The number of hydrogen-bond donors (Lipinski definition) is 0. The largest absolute Gasteiger partial charge is 0.280 e. The summed E-state index contributed by atoms with van der Waals surface area (Å²) in [6, 6.07) is 3.71. The minimum Gasteiger partial charge on any atom is -0.280 e. The van der Waals surface area contributed by atoms with Crippen molar-refractivity contribution in [3.63, 3.8) is 0 Å². The molecule has 0 saturated carbocycles. The quantitative estimate of drug-likeness (QED) is 0.639. The first-order valence-electron chi connectivity index (χ1n) is 3.25. The van der Waals surface area contributed by atoms with Crippen LogP contribution in [0.5, 0.6) is 0 Å². The maximum atomic E-state index is 11.1. The summed E-state index contributed by atoms with van der Waals surface area (Å²) in [4.78, 5) is 15.1. The van der Waals surface area contributed by atoms with Gasteiger partial charge in [0.1, 0.15) is 5.69 Å². The van der Waals surface area contributed by atoms with Gasteiger partial charge in [-0.15, -0.1) is 0 Å². The standard InChI is InChI=1S/C8H9NOS/c1-6-4-3-5-9-7(6)8(10)11-2/h3-5H,1-2H3. The molecule has 2 nitrogen and oxygen atoms in total. The molecular weight excluding hydrogens is 158 g/mol. The van der Waals surface area contributed by atoms with Crippen LogP contribution in [0.15, 0.2) is 18.3 Å². The molecule has 0 unspecified atom stereocenters. The molecule has 0 atom stereocenters. The Morgan fingerprint density at radius 1 is 1.64 bits per heavy atom. The number of carbonyl (C=O) groups is 1. The molecule has 1 rings (SSSR count). The van der Waals surface area contributed by atoms with Gasteiger partial charge in [0.05, 0.1) is 0 Å². The van der Waals surface area contributed by atoms with E-state index in [-0.39, 0.29) is 5.12 Å². The van der Waals surface area contributed by atoms with Crippen molar-refractivity contribution in [2.75, 3.05) is 6.26 Å². The fourth-order valence-corrected chi connectivity index (χ4v) is 1.20. The summed E-state index contributed by atoms with van der Waals surface area (Å²) in [7, 11) is 0. The summed E-state index contributed by atoms with van der Waals surface area (Å²) in [5.41, 5.74) is 1.51. The summed E-state index contributed by atoms with van der Waals surface area (Å²) >= 11 is 1.19. The van der Waals surface area contributed by atoms with Gasteiger partial charge in [-0.1, -0.05) is 17.8 Å². The highest BCUT2D eigenvalue weighted by atomic mass is 32.2. The van der Waals surface area contributed by atoms with Crippen molar-refractivity contribution in [2.24, 2.45) is 0 Å². The summed E-state index contributed by atoms with van der Waals surface area (Å²) < 4.78 is 0. The lowest BCUT2D eigenvalue weighted by molar-refractivity contribution is 0.108. The third-order valence-corrected chi connectivity index (χ3v) is 1.95. The van der Waals surface area contributed by atoms with E-state index in [0.29, 0.717) is 5.69 Å². The van der Waals surface area contributed by atoms with E-state index in [0.717, 1.165) is 5.56 Å². The molecule has 1 aromatic heterocycles. The maximum Gasteiger partial charge on any atom is 0.237 e. The van der Waals surface area contributed by atoms with Gasteiger partial charge >= 0.3 is 0 Å². The molecule has 0 radical (unpaired) electrons. The Balaban J connectivity index is 3.03. The van der Waals surface area contributed by atoms with Gasteiger partial charge in [-0.3, -0.25) is 9.78 Å². The number of carbonyl (C=O) groups excluding carboxylic acids is 1. The van der Waals surface area contributed by atoms with Gasteiger partial charge in [0, 0.05) is 6.20 Å². The predicted octanol–water partition coefficient (Wildman–Crippen LogP) is 1.89. The molecule has 3 heteroatoms. The Morgan fingerprint density at radius 3 is 2.91 bits per heavy atom. The maximum absolute atomic E-state index is 11.1. The summed E-state index contributed by atoms with van der Waals surface area (Å²) in [6.07, 6.45) is 3.40. The summed E-state index contributed by atoms with van der Waals surface area (Å²) in [6.45, 7) is 1.89. The highest BCUT2D eigenvalue weighted by Gasteiger charge is 2.06. The van der Waals surface area contributed by atoms with E-state index in [1.807, 2.05) is 19.1 Å². The van der Waals surface area contributed by atoms with E-state index in [2.05, 4.69) is 4.98 Å². The molecule has 0 spiro atoms. The first-order chi connectivity index (χ1) is 5.25. The molecule has 0 saturated heterocycles. The van der Waals surface area contributed by atoms with Crippen LogP contribution in [0.3, 0.4) is 0 Å². The topological polar surface area (TPSA) is 30.0 Å². The highest BCUT2D eigenvalue weighted by Crippen LogP contribution is 2.10. The Bertz CT molecular complexity index is 273. The highest BCUT2D eigenvalue weighted by molar-refractivity contribution is 8.13. The number of hydrogen-bond acceptors (Lipinski definition) is 3. The molecular formula is C8H9NOS. The molecule has 58 valence electrons. The number of nitrogens with zero attached hydrogens (tertiary/aromatic N) is 1. The molecule has 1 heterocycles. The third kappa shape index (κ3) is 1.80. The average molecular weight is 167 g/mol. The van der Waals surface area contributed by atoms with Crippen molar-refractivity contribution in [1.29, 1.82) is 0 Å². The van der Waals surface area contributed by atoms with Crippen molar-refractivity contribution in [2.45, 2.75) is 6.92 Å². The second-order valence-corrected chi connectivity index (χ2v) is 2.94. The Hall–Kier alpha value is -0.830. The van der Waals surface area contributed by atoms with E-state index >= 15 is 0 Å². The van der Waals surface area contributed by atoms with Crippen LogP contribution < -0.4 is 0 Å². The van der Waals surface area contributed by atoms with E-state index in [1.54, 1.807) is 12.5 Å². The molecule has 0 amide bonds. The molecule has 0 aliphatic rings. The van der Waals surface area contributed by atoms with Crippen LogP contribution in [0, 0.1) is 6.92 Å². The van der Waals surface area contributed by atoms with Crippen molar-refractivity contribution in [3.8, 4) is 0 Å². The van der Waals surface area contributed by atoms with Crippen LogP contribution in [0.25, 0.3) is 0 Å². The Labute approximate surface area is 70.0 Å². The minimum absolute atomic E-state index is 0.0306. The van der Waals surface area contributed by atoms with Gasteiger partial charge in [-0.2, -0.15) is 0 Å². The van der Waals surface area contributed by atoms with Gasteiger partial charge in [0.15, 0.2) is 0 Å². The van der Waals surface area contributed by atoms with Crippen molar-refractivity contribution < 1.29 is 4.79 Å². The van der Waals surface area contributed by atoms with Gasteiger partial charge in [0.2, 0.25) is 5.12 Å². The molecule has 0 aliphatic heterocycles. The average Bonchev–Trinajstić information content (AvgIpc) is 2.04. The van der Waals surface area contributed by atoms with E-state index in [4.69, 9.17) is 0 Å². The fraction of sp³-hybridized carbons (Fsp3) is 0.250. The summed E-state index contributed by atoms with van der Waals surface area (Å²) in [5.74, 6) is 0. The lowest BCUT2D eigenvalue weighted by Crippen LogP contribution is -1.98. The van der Waals surface area contributed by atoms with Crippen molar-refractivity contribution in [3.05, 3.63) is 29.6 Å². The molecule has 0 aromatic carbocycles. The van der Waals surface area contributed by atoms with Gasteiger partial charge < -0.3 is 0 Å². The molecule has 11 heavy (non-hydrogen) atoms. The Morgan fingerprint density at radius 2 is 2.36 bits per heavy atom. The van der Waals surface area contributed by atoms with Gasteiger partial charge in [0.25, 0.3) is 0 Å². The first-order valence-corrected chi connectivity index (χ1v) is 4.48. The Kier molecular flexibility index (Phi) is 2.65. The predicted molar refractivity (Wildman–Crippen MR) is 46.8 cm³/mol. The van der Waals surface area contributed by atoms with Gasteiger partial charge in [-0.25, -0.2) is 0 Å². The van der Waals surface area contributed by atoms with Crippen LogP contribution in [-0.2, 0) is 0 Å². The number of thioether (sulfide) groups is 1. The van der Waals surface area contributed by atoms with Crippen LogP contribution in [-0.4, -0.2) is 16.4 Å². The van der Waals surface area contributed by atoms with E-state index in [1.165, 1.54) is 11.8 Å². The fourth-order valence-electron chi connectivity index (χ4n) is 0.796. The van der Waals surface area contributed by atoms with Crippen molar-refractivity contribution >= 4 is 16.9 Å². The number of rotatable bonds is 1. The number of pyridine rings is 1. The van der Waals surface area contributed by atoms with Crippen LogP contribution in [0.2, 0.25) is 0 Å². The van der Waals surface area contributed by atoms with Crippen LogP contribution in [0.4, 0.5) is 0 Å². The van der Waals surface area contributed by atoms with E-state index in [9.17, 15) is 4.79 Å². The molecule has 0 fully saturated rings. The zero-order valence-corrected chi connectivity index (χ0v) is 7.31. The molecule has 0 bridgehead atoms. The second-order valence-electron chi connectivity index (χ2n) is 2.16. The normalized spacial score (nSPS) is 9.64. The first kappa shape index (κ1) is 8.27.